The first-order valence-corrected chi connectivity index (χ1v) is 9.27. The maximum atomic E-state index is 9.20. The fourth-order valence-electron chi connectivity index (χ4n) is 3.02. The van der Waals surface area contributed by atoms with Gasteiger partial charge >= 0.3 is 0 Å². The Kier molecular flexibility index (Phi) is 4.40. The molecule has 0 amide bonds. The van der Waals surface area contributed by atoms with E-state index < -0.39 is 0 Å². The van der Waals surface area contributed by atoms with E-state index in [1.54, 1.807) is 0 Å². The molecule has 3 heterocycles. The van der Waals surface area contributed by atoms with Crippen molar-refractivity contribution in [3.05, 3.63) is 63.5 Å². The van der Waals surface area contributed by atoms with Crippen LogP contribution in [0.2, 0.25) is 5.28 Å². The number of rotatable bonds is 2. The van der Waals surface area contributed by atoms with Crippen LogP contribution in [0.3, 0.4) is 0 Å². The van der Waals surface area contributed by atoms with E-state index in [4.69, 9.17) is 33.6 Å². The molecule has 5 rings (SSSR count). The quantitative estimate of drug-likeness (QED) is 0.340. The standard InChI is InChI=1S/C21H4ClN9O2/c1-25-11-5-14-16(6-12(11)26-2)33-20(28-14)18-29-17(30-21(22)31-18)19-27-13-3-9(7-23)10(8-24)4-15(13)32-19/h3-6H. The van der Waals surface area contributed by atoms with Crippen molar-refractivity contribution in [2.75, 3.05) is 0 Å². The van der Waals surface area contributed by atoms with E-state index in [9.17, 15) is 10.5 Å². The van der Waals surface area contributed by atoms with Crippen molar-refractivity contribution >= 4 is 45.2 Å². The molecule has 0 unspecified atom stereocenters. The summed E-state index contributed by atoms with van der Waals surface area (Å²) in [6, 6.07) is 9.54. The van der Waals surface area contributed by atoms with Crippen molar-refractivity contribution in [1.29, 1.82) is 10.5 Å². The number of hydrogen-bond donors (Lipinski definition) is 0. The molecule has 0 saturated heterocycles. The Balaban J connectivity index is 1.64. The van der Waals surface area contributed by atoms with Crippen LogP contribution in [0.15, 0.2) is 33.1 Å². The molecule has 0 aliphatic carbocycles. The van der Waals surface area contributed by atoms with Gasteiger partial charge < -0.3 is 8.83 Å². The number of nitriles is 2. The highest BCUT2D eigenvalue weighted by Crippen LogP contribution is 2.35. The Morgan fingerprint density at radius 1 is 0.727 bits per heavy atom. The lowest BCUT2D eigenvalue weighted by Crippen LogP contribution is -1.97. The lowest BCUT2D eigenvalue weighted by Gasteiger charge is -1.98. The first-order valence-electron chi connectivity index (χ1n) is 8.89. The number of hydrogen-bond acceptors (Lipinski definition) is 9. The zero-order valence-corrected chi connectivity index (χ0v) is 16.8. The van der Waals surface area contributed by atoms with Crippen LogP contribution in [0.5, 0.6) is 0 Å². The fourth-order valence-corrected chi connectivity index (χ4v) is 3.18. The highest BCUT2D eigenvalue weighted by Gasteiger charge is 2.20. The lowest BCUT2D eigenvalue weighted by atomic mass is 10.1. The van der Waals surface area contributed by atoms with Gasteiger partial charge in [-0.2, -0.15) is 25.5 Å². The predicted molar refractivity (Wildman–Crippen MR) is 113 cm³/mol. The van der Waals surface area contributed by atoms with Gasteiger partial charge in [-0.15, -0.1) is 0 Å². The second-order valence-corrected chi connectivity index (χ2v) is 6.75. The van der Waals surface area contributed by atoms with E-state index in [1.165, 1.54) is 24.3 Å². The molecule has 0 atom stereocenters. The number of benzene rings is 2. The normalized spacial score (nSPS) is 10.5. The third-order valence-electron chi connectivity index (χ3n) is 4.49. The van der Waals surface area contributed by atoms with Gasteiger partial charge in [-0.05, 0) is 29.8 Å². The third-order valence-corrected chi connectivity index (χ3v) is 4.65. The van der Waals surface area contributed by atoms with Crippen LogP contribution in [-0.2, 0) is 0 Å². The molecular formula is C21H4ClN9O2. The van der Waals surface area contributed by atoms with E-state index >= 15 is 0 Å². The molecule has 152 valence electrons. The maximum Gasteiger partial charge on any atom is 0.266 e. The molecule has 0 aliphatic rings. The summed E-state index contributed by atoms with van der Waals surface area (Å²) in [5.74, 6) is -0.0729. The van der Waals surface area contributed by atoms with Gasteiger partial charge in [0, 0.05) is 6.07 Å². The fraction of sp³-hybridized carbons (Fsp3) is 0. The SMILES string of the molecule is [C-]#[N+]c1cc2nc(-c3nc(Cl)nc(-c4nc5cc(C#N)c(C#N)cc5o4)n3)oc2cc1[N+]#[C-]. The van der Waals surface area contributed by atoms with Crippen molar-refractivity contribution in [2.24, 2.45) is 0 Å². The van der Waals surface area contributed by atoms with Gasteiger partial charge in [-0.1, -0.05) is 0 Å². The molecule has 2 aromatic carbocycles. The summed E-state index contributed by atoms with van der Waals surface area (Å²) in [6.07, 6.45) is 0. The van der Waals surface area contributed by atoms with E-state index in [-0.39, 0.29) is 62.4 Å². The minimum atomic E-state index is -0.182. The highest BCUT2D eigenvalue weighted by atomic mass is 35.5. The molecule has 33 heavy (non-hydrogen) atoms. The van der Waals surface area contributed by atoms with Crippen LogP contribution >= 0.6 is 11.6 Å². The van der Waals surface area contributed by atoms with Gasteiger partial charge in [-0.25, -0.2) is 14.8 Å². The topological polar surface area (TPSA) is 147 Å². The summed E-state index contributed by atoms with van der Waals surface area (Å²) >= 11 is 6.07. The van der Waals surface area contributed by atoms with Crippen LogP contribution < -0.4 is 0 Å². The number of fused-ring (bicyclic) bond motifs is 2. The van der Waals surface area contributed by atoms with Gasteiger partial charge in [0.25, 0.3) is 11.8 Å². The van der Waals surface area contributed by atoms with Gasteiger partial charge in [0.15, 0.2) is 17.0 Å². The first kappa shape index (κ1) is 19.6. The van der Waals surface area contributed by atoms with E-state index in [2.05, 4.69) is 34.6 Å². The summed E-state index contributed by atoms with van der Waals surface area (Å²) in [6.45, 7) is 14.4. The zero-order valence-electron chi connectivity index (χ0n) is 16.0. The maximum absolute atomic E-state index is 9.20. The molecule has 0 saturated carbocycles. The summed E-state index contributed by atoms with van der Waals surface area (Å²) in [7, 11) is 0. The molecule has 3 aromatic heterocycles. The third kappa shape index (κ3) is 3.24. The summed E-state index contributed by atoms with van der Waals surface area (Å²) in [5, 5.41) is 18.2. The molecule has 12 heteroatoms. The number of halogens is 1. The molecule has 11 nitrogen and oxygen atoms in total. The van der Waals surface area contributed by atoms with Gasteiger partial charge in [0.05, 0.1) is 29.8 Å². The van der Waals surface area contributed by atoms with Crippen molar-refractivity contribution in [3.8, 4) is 35.6 Å². The van der Waals surface area contributed by atoms with Crippen molar-refractivity contribution in [2.45, 2.75) is 0 Å². The summed E-state index contributed by atoms with van der Waals surface area (Å²) < 4.78 is 11.3. The van der Waals surface area contributed by atoms with Crippen LogP contribution in [-0.4, -0.2) is 24.9 Å². The Bertz CT molecular complexity index is 1560. The van der Waals surface area contributed by atoms with Gasteiger partial charge in [-0.3, -0.25) is 4.85 Å². The average molecular weight is 450 g/mol. The Morgan fingerprint density at radius 2 is 1.24 bits per heavy atom. The average Bonchev–Trinajstić information content (AvgIpc) is 3.44. The highest BCUT2D eigenvalue weighted by molar-refractivity contribution is 6.28. The number of oxazole rings is 2. The lowest BCUT2D eigenvalue weighted by molar-refractivity contribution is 0.604. The molecule has 0 bridgehead atoms. The molecule has 0 radical (unpaired) electrons. The molecule has 0 fully saturated rings. The predicted octanol–water partition coefficient (Wildman–Crippen LogP) is 4.99. The van der Waals surface area contributed by atoms with E-state index in [0.29, 0.717) is 11.0 Å². The van der Waals surface area contributed by atoms with Crippen molar-refractivity contribution in [3.63, 3.8) is 0 Å². The smallest absolute Gasteiger partial charge is 0.266 e. The van der Waals surface area contributed by atoms with E-state index in [1.807, 2.05) is 12.1 Å². The molecule has 5 aromatic rings. The second-order valence-electron chi connectivity index (χ2n) is 6.41. The molecule has 0 N–H and O–H groups in total. The van der Waals surface area contributed by atoms with Gasteiger partial charge in [0.2, 0.25) is 16.9 Å². The largest absolute Gasteiger partial charge is 0.435 e. The van der Waals surface area contributed by atoms with Crippen LogP contribution in [0, 0.1) is 35.8 Å². The second kappa shape index (κ2) is 7.40. The van der Waals surface area contributed by atoms with Crippen LogP contribution in [0.25, 0.3) is 55.3 Å². The van der Waals surface area contributed by atoms with Crippen molar-refractivity contribution < 1.29 is 8.83 Å². The van der Waals surface area contributed by atoms with Crippen LogP contribution in [0.4, 0.5) is 11.4 Å². The van der Waals surface area contributed by atoms with E-state index in [0.717, 1.165) is 0 Å². The van der Waals surface area contributed by atoms with Crippen LogP contribution in [0.1, 0.15) is 11.1 Å². The van der Waals surface area contributed by atoms with Crippen molar-refractivity contribution in [1.82, 2.24) is 24.9 Å². The van der Waals surface area contributed by atoms with Gasteiger partial charge in [0.1, 0.15) is 23.2 Å². The molecule has 0 spiro atoms. The summed E-state index contributed by atoms with van der Waals surface area (Å²) in [4.78, 5) is 27.5. The monoisotopic (exact) mass is 449 g/mol. The molecular weight excluding hydrogens is 446 g/mol. The number of aromatic nitrogens is 5. The Hall–Kier alpha value is -5.36. The zero-order chi connectivity index (χ0) is 23.1. The summed E-state index contributed by atoms with van der Waals surface area (Å²) in [5.41, 5.74) is 1.79. The minimum absolute atomic E-state index is 0.0109. The Morgan fingerprint density at radius 3 is 1.82 bits per heavy atom. The minimum Gasteiger partial charge on any atom is -0.435 e. The first-order chi connectivity index (χ1) is 16.0. The number of nitrogens with zero attached hydrogens (tertiary/aromatic N) is 9. The Labute approximate surface area is 188 Å². The molecule has 0 aliphatic heterocycles.